The number of nitrogens with one attached hydrogen (secondary N) is 2. The fourth-order valence-corrected chi connectivity index (χ4v) is 5.08. The molecule has 0 fully saturated rings. The first kappa shape index (κ1) is 25.6. The van der Waals surface area contributed by atoms with E-state index in [0.717, 1.165) is 16.7 Å². The molecule has 0 bridgehead atoms. The Morgan fingerprint density at radius 3 is 2.42 bits per heavy atom. The number of anilines is 1. The van der Waals surface area contributed by atoms with Crippen molar-refractivity contribution in [2.45, 2.75) is 18.9 Å². The highest BCUT2D eigenvalue weighted by Gasteiger charge is 2.32. The van der Waals surface area contributed by atoms with Gasteiger partial charge in [0.2, 0.25) is 11.2 Å². The Morgan fingerprint density at radius 1 is 1.08 bits per heavy atom. The van der Waals surface area contributed by atoms with Crippen molar-refractivity contribution in [3.63, 3.8) is 0 Å². The molecule has 0 aliphatic heterocycles. The number of ether oxygens (including phenoxy) is 4. The summed E-state index contributed by atoms with van der Waals surface area (Å²) in [6.07, 6.45) is 2.94. The minimum atomic E-state index is -0.335. The second-order valence-corrected chi connectivity index (χ2v) is 8.90. The van der Waals surface area contributed by atoms with E-state index >= 15 is 0 Å². The van der Waals surface area contributed by atoms with Gasteiger partial charge < -0.3 is 29.6 Å². The van der Waals surface area contributed by atoms with Crippen LogP contribution in [0.5, 0.6) is 23.0 Å². The van der Waals surface area contributed by atoms with Gasteiger partial charge in [0.1, 0.15) is 0 Å². The Balaban J connectivity index is 1.91. The molecule has 9 nitrogen and oxygen atoms in total. The maximum absolute atomic E-state index is 13.0. The minimum Gasteiger partial charge on any atom is -0.493 e. The van der Waals surface area contributed by atoms with Gasteiger partial charge in [0.05, 0.1) is 39.5 Å². The number of hydrogen-bond donors (Lipinski definition) is 2. The van der Waals surface area contributed by atoms with E-state index in [4.69, 9.17) is 42.8 Å². The van der Waals surface area contributed by atoms with Gasteiger partial charge in [-0.1, -0.05) is 17.7 Å². The fourth-order valence-electron chi connectivity index (χ4n) is 4.48. The zero-order chi connectivity index (χ0) is 26.0. The molecular weight excluding hydrogens is 504 g/mol. The predicted octanol–water partition coefficient (Wildman–Crippen LogP) is 4.11. The summed E-state index contributed by atoms with van der Waals surface area (Å²) in [5, 5.41) is 11.5. The first-order chi connectivity index (χ1) is 17.3. The SMILES string of the molecule is COc1c(Cl)c2c(c(OC)c1OC)-c1ccc(OC)c(=O)cc1[C@@H](NC(=S)Nc1ccn(C)n1)CC2. The zero-order valence-corrected chi connectivity index (χ0v) is 22.2. The van der Waals surface area contributed by atoms with Crippen LogP contribution in [0.25, 0.3) is 11.1 Å². The van der Waals surface area contributed by atoms with Gasteiger partial charge in [-0.15, -0.1) is 0 Å². The number of hydrogen-bond acceptors (Lipinski definition) is 7. The Morgan fingerprint density at radius 2 is 1.81 bits per heavy atom. The van der Waals surface area contributed by atoms with E-state index in [9.17, 15) is 4.79 Å². The van der Waals surface area contributed by atoms with Crippen molar-refractivity contribution >= 4 is 34.7 Å². The van der Waals surface area contributed by atoms with Crippen LogP contribution < -0.4 is 35.0 Å². The van der Waals surface area contributed by atoms with E-state index in [0.29, 0.717) is 51.6 Å². The highest BCUT2D eigenvalue weighted by molar-refractivity contribution is 7.80. The molecule has 0 unspecified atom stereocenters. The largest absolute Gasteiger partial charge is 0.493 e. The molecule has 190 valence electrons. The summed E-state index contributed by atoms with van der Waals surface area (Å²) in [4.78, 5) is 13.0. The Bertz CT molecular complexity index is 1380. The van der Waals surface area contributed by atoms with Crippen molar-refractivity contribution in [1.82, 2.24) is 15.1 Å². The number of nitrogens with zero attached hydrogens (tertiary/aromatic N) is 2. The average molecular weight is 531 g/mol. The number of rotatable bonds is 6. The molecule has 36 heavy (non-hydrogen) atoms. The summed E-state index contributed by atoms with van der Waals surface area (Å²) in [5.74, 6) is 2.04. The molecule has 4 rings (SSSR count). The van der Waals surface area contributed by atoms with Gasteiger partial charge in [0, 0.05) is 24.9 Å². The summed E-state index contributed by atoms with van der Waals surface area (Å²) in [6.45, 7) is 0. The quantitative estimate of drug-likeness (QED) is 0.456. The van der Waals surface area contributed by atoms with Crippen LogP contribution in [0.3, 0.4) is 0 Å². The van der Waals surface area contributed by atoms with Crippen LogP contribution in [0.4, 0.5) is 5.82 Å². The number of benzene rings is 1. The lowest BCUT2D eigenvalue weighted by Gasteiger charge is -2.21. The van der Waals surface area contributed by atoms with Crippen LogP contribution >= 0.6 is 23.8 Å². The normalized spacial score (nSPS) is 14.1. The molecule has 0 spiro atoms. The molecule has 0 saturated heterocycles. The van der Waals surface area contributed by atoms with Gasteiger partial charge in [0.15, 0.2) is 28.2 Å². The molecular formula is C25H27ClN4O5S. The van der Waals surface area contributed by atoms with Gasteiger partial charge >= 0.3 is 0 Å². The number of fused-ring (bicyclic) bond motifs is 3. The van der Waals surface area contributed by atoms with E-state index in [1.807, 2.05) is 25.4 Å². The van der Waals surface area contributed by atoms with Crippen molar-refractivity contribution in [2.24, 2.45) is 7.05 Å². The van der Waals surface area contributed by atoms with Gasteiger partial charge in [-0.25, -0.2) is 0 Å². The maximum Gasteiger partial charge on any atom is 0.220 e. The van der Waals surface area contributed by atoms with Gasteiger partial charge in [-0.2, -0.15) is 5.10 Å². The van der Waals surface area contributed by atoms with Crippen LogP contribution in [0.2, 0.25) is 5.02 Å². The molecule has 2 N–H and O–H groups in total. The summed E-state index contributed by atoms with van der Waals surface area (Å²) in [5.41, 5.74) is 2.73. The lowest BCUT2D eigenvalue weighted by Crippen LogP contribution is -2.33. The molecule has 1 heterocycles. The molecule has 1 aliphatic carbocycles. The summed E-state index contributed by atoms with van der Waals surface area (Å²) >= 11 is 12.4. The maximum atomic E-state index is 13.0. The van der Waals surface area contributed by atoms with Crippen LogP contribution in [-0.4, -0.2) is 43.3 Å². The number of thiocarbonyl (C=S) groups is 1. The first-order valence-corrected chi connectivity index (χ1v) is 11.9. The minimum absolute atomic E-state index is 0.211. The highest BCUT2D eigenvalue weighted by atomic mass is 35.5. The molecule has 0 radical (unpaired) electrons. The van der Waals surface area contributed by atoms with Crippen molar-refractivity contribution < 1.29 is 18.9 Å². The van der Waals surface area contributed by atoms with Crippen LogP contribution in [0.1, 0.15) is 23.6 Å². The fraction of sp³-hybridized carbons (Fsp3) is 0.320. The smallest absolute Gasteiger partial charge is 0.220 e. The van der Waals surface area contributed by atoms with Crippen molar-refractivity contribution in [3.8, 4) is 34.1 Å². The van der Waals surface area contributed by atoms with Gasteiger partial charge in [-0.05, 0) is 53.9 Å². The number of aromatic nitrogens is 2. The summed E-state index contributed by atoms with van der Waals surface area (Å²) in [6, 6.07) is 6.51. The Kier molecular flexibility index (Phi) is 7.56. The van der Waals surface area contributed by atoms with Crippen LogP contribution in [0, 0.1) is 0 Å². The van der Waals surface area contributed by atoms with Crippen LogP contribution in [0.15, 0.2) is 35.3 Å². The molecule has 1 atom stereocenters. The van der Waals surface area contributed by atoms with E-state index < -0.39 is 0 Å². The average Bonchev–Trinajstić information content (AvgIpc) is 3.11. The predicted molar refractivity (Wildman–Crippen MR) is 143 cm³/mol. The van der Waals surface area contributed by atoms with Crippen molar-refractivity contribution in [2.75, 3.05) is 33.8 Å². The van der Waals surface area contributed by atoms with E-state index in [1.54, 1.807) is 23.9 Å². The standard InChI is InChI=1S/C25H27ClN4O5S/c1-30-11-10-19(29-30)28-25(36)27-16-8-6-14-20(13-7-9-18(32-2)17(31)12-15(13)16)22(33-3)24(35-5)23(34-4)21(14)26/h7,9-12,16H,6,8H2,1-5H3,(H2,27,28,29,36)/t16-/m0/s1. The van der Waals surface area contributed by atoms with Gasteiger partial charge in [-0.3, -0.25) is 9.48 Å². The monoisotopic (exact) mass is 530 g/mol. The molecule has 1 aliphatic rings. The molecule has 2 aromatic carbocycles. The third-order valence-electron chi connectivity index (χ3n) is 6.07. The highest BCUT2D eigenvalue weighted by Crippen LogP contribution is 2.54. The lowest BCUT2D eigenvalue weighted by atomic mass is 9.95. The first-order valence-electron chi connectivity index (χ1n) is 11.1. The summed E-state index contributed by atoms with van der Waals surface area (Å²) in [7, 11) is 7.89. The molecule has 0 amide bonds. The van der Waals surface area contributed by atoms with Crippen LogP contribution in [-0.2, 0) is 13.5 Å². The van der Waals surface area contributed by atoms with E-state index in [-0.39, 0.29) is 17.2 Å². The zero-order valence-electron chi connectivity index (χ0n) is 20.6. The number of aryl methyl sites for hydroxylation is 1. The number of methoxy groups -OCH3 is 4. The lowest BCUT2D eigenvalue weighted by molar-refractivity contribution is 0.325. The second kappa shape index (κ2) is 10.6. The van der Waals surface area contributed by atoms with Gasteiger partial charge in [0.25, 0.3) is 0 Å². The third-order valence-corrected chi connectivity index (χ3v) is 6.69. The Labute approximate surface area is 219 Å². The molecule has 1 aromatic heterocycles. The van der Waals surface area contributed by atoms with E-state index in [2.05, 4.69) is 15.7 Å². The molecule has 3 aromatic rings. The van der Waals surface area contributed by atoms with E-state index in [1.165, 1.54) is 21.3 Å². The van der Waals surface area contributed by atoms with Crippen molar-refractivity contribution in [3.05, 3.63) is 56.8 Å². The molecule has 0 saturated carbocycles. The second-order valence-electron chi connectivity index (χ2n) is 8.11. The molecule has 11 heteroatoms. The topological polar surface area (TPSA) is 95.9 Å². The summed E-state index contributed by atoms with van der Waals surface area (Å²) < 4.78 is 24.0. The van der Waals surface area contributed by atoms with Crippen molar-refractivity contribution in [1.29, 1.82) is 0 Å². The number of halogens is 1. The Hall–Kier alpha value is -3.50. The third kappa shape index (κ3) is 4.66.